The molecule has 3 aromatic rings. The fourth-order valence-corrected chi connectivity index (χ4v) is 3.37. The molecular weight excluding hydrogens is 346 g/mol. The number of aromatic nitrogens is 2. The maximum atomic E-state index is 13.8. The van der Waals surface area contributed by atoms with E-state index < -0.39 is 11.6 Å². The average molecular weight is 366 g/mol. The third-order valence-corrected chi connectivity index (χ3v) is 4.82. The summed E-state index contributed by atoms with van der Waals surface area (Å²) in [4.78, 5) is 4.25. The Morgan fingerprint density at radius 3 is 2.48 bits per heavy atom. The Morgan fingerprint density at radius 2 is 1.74 bits per heavy atom. The normalized spacial score (nSPS) is 14.7. The molecule has 0 radical (unpaired) electrons. The number of anilines is 2. The first-order valence-electron chi connectivity index (χ1n) is 8.86. The lowest BCUT2D eigenvalue weighted by Gasteiger charge is -2.25. The fraction of sp³-hybridized carbons (Fsp3) is 0.238. The molecule has 0 unspecified atom stereocenters. The molecule has 4 nitrogen and oxygen atoms in total. The van der Waals surface area contributed by atoms with Crippen molar-refractivity contribution in [1.29, 1.82) is 0 Å². The van der Waals surface area contributed by atoms with Crippen molar-refractivity contribution in [2.75, 3.05) is 25.0 Å². The van der Waals surface area contributed by atoms with E-state index in [9.17, 15) is 8.78 Å². The molecule has 0 saturated carbocycles. The maximum Gasteiger partial charge on any atom is 0.160 e. The molecule has 0 fully saturated rings. The molecule has 0 saturated heterocycles. The van der Waals surface area contributed by atoms with Crippen molar-refractivity contribution in [3.8, 4) is 11.3 Å². The Labute approximate surface area is 157 Å². The summed E-state index contributed by atoms with van der Waals surface area (Å²) in [6, 6.07) is 14.1. The summed E-state index contributed by atoms with van der Waals surface area (Å²) in [5.74, 6) is -1.67. The van der Waals surface area contributed by atoms with Crippen molar-refractivity contribution in [3.63, 3.8) is 0 Å². The van der Waals surface area contributed by atoms with Gasteiger partial charge >= 0.3 is 0 Å². The van der Waals surface area contributed by atoms with Crippen LogP contribution in [-0.4, -0.2) is 35.2 Å². The van der Waals surface area contributed by atoms with Gasteiger partial charge in [0.25, 0.3) is 0 Å². The zero-order valence-corrected chi connectivity index (χ0v) is 15.3. The second kappa shape index (κ2) is 7.04. The Morgan fingerprint density at radius 1 is 0.889 bits per heavy atom. The third-order valence-electron chi connectivity index (χ3n) is 4.82. The van der Waals surface area contributed by atoms with Gasteiger partial charge in [0.15, 0.2) is 11.6 Å². The SMILES string of the molecule is Cc1ccc(-c2ccc3c(c2)CN(C)CCN3c2ccc(F)c(F)c2)nn1. The summed E-state index contributed by atoms with van der Waals surface area (Å²) in [6.45, 7) is 4.18. The van der Waals surface area contributed by atoms with Gasteiger partial charge in [-0.3, -0.25) is 0 Å². The van der Waals surface area contributed by atoms with Crippen molar-refractivity contribution < 1.29 is 8.78 Å². The van der Waals surface area contributed by atoms with Gasteiger partial charge in [0.05, 0.1) is 11.4 Å². The molecule has 0 bridgehead atoms. The Balaban J connectivity index is 1.77. The van der Waals surface area contributed by atoms with Gasteiger partial charge in [0.2, 0.25) is 0 Å². The van der Waals surface area contributed by atoms with Crippen LogP contribution in [0.25, 0.3) is 11.3 Å². The van der Waals surface area contributed by atoms with E-state index in [-0.39, 0.29) is 0 Å². The van der Waals surface area contributed by atoms with E-state index >= 15 is 0 Å². The number of hydrogen-bond donors (Lipinski definition) is 0. The largest absolute Gasteiger partial charge is 0.340 e. The molecule has 1 aliphatic rings. The first-order chi connectivity index (χ1) is 13.0. The van der Waals surface area contributed by atoms with Gasteiger partial charge in [0, 0.05) is 42.6 Å². The molecule has 2 aromatic carbocycles. The lowest BCUT2D eigenvalue weighted by atomic mass is 10.0. The molecule has 138 valence electrons. The minimum Gasteiger partial charge on any atom is -0.340 e. The predicted octanol–water partition coefficient (Wildman–Crippen LogP) is 4.31. The summed E-state index contributed by atoms with van der Waals surface area (Å²) < 4.78 is 27.1. The summed E-state index contributed by atoms with van der Waals surface area (Å²) in [6.07, 6.45) is 0. The van der Waals surface area contributed by atoms with Crippen LogP contribution in [0.3, 0.4) is 0 Å². The molecule has 1 aromatic heterocycles. The number of likely N-dealkylation sites (N-methyl/N-ethyl adjacent to an activating group) is 1. The molecule has 4 rings (SSSR count). The zero-order valence-electron chi connectivity index (χ0n) is 15.3. The quantitative estimate of drug-likeness (QED) is 0.676. The summed E-state index contributed by atoms with van der Waals surface area (Å²) in [7, 11) is 2.05. The molecule has 2 heterocycles. The Kier molecular flexibility index (Phi) is 4.58. The van der Waals surface area contributed by atoms with Crippen LogP contribution in [0, 0.1) is 18.6 Å². The van der Waals surface area contributed by atoms with E-state index in [1.165, 1.54) is 12.1 Å². The molecule has 0 spiro atoms. The lowest BCUT2D eigenvalue weighted by Crippen LogP contribution is -2.26. The van der Waals surface area contributed by atoms with Crippen molar-refractivity contribution >= 4 is 11.4 Å². The highest BCUT2D eigenvalue weighted by atomic mass is 19.2. The van der Waals surface area contributed by atoms with Crippen molar-refractivity contribution in [2.24, 2.45) is 0 Å². The molecule has 0 atom stereocenters. The number of fused-ring (bicyclic) bond motifs is 1. The zero-order chi connectivity index (χ0) is 19.0. The van der Waals surface area contributed by atoms with E-state index in [0.29, 0.717) is 12.2 Å². The van der Waals surface area contributed by atoms with Crippen LogP contribution in [-0.2, 0) is 6.54 Å². The van der Waals surface area contributed by atoms with Crippen LogP contribution in [0.2, 0.25) is 0 Å². The lowest BCUT2D eigenvalue weighted by molar-refractivity contribution is 0.343. The van der Waals surface area contributed by atoms with Gasteiger partial charge in [-0.1, -0.05) is 6.07 Å². The first-order valence-corrected chi connectivity index (χ1v) is 8.86. The van der Waals surface area contributed by atoms with E-state index in [2.05, 4.69) is 28.2 Å². The number of hydrogen-bond acceptors (Lipinski definition) is 4. The van der Waals surface area contributed by atoms with Crippen molar-refractivity contribution in [2.45, 2.75) is 13.5 Å². The van der Waals surface area contributed by atoms with Gasteiger partial charge in [-0.25, -0.2) is 8.78 Å². The predicted molar refractivity (Wildman–Crippen MR) is 102 cm³/mol. The topological polar surface area (TPSA) is 32.3 Å². The highest BCUT2D eigenvalue weighted by Crippen LogP contribution is 2.34. The first kappa shape index (κ1) is 17.5. The fourth-order valence-electron chi connectivity index (χ4n) is 3.37. The Hall–Kier alpha value is -2.86. The molecule has 1 aliphatic heterocycles. The monoisotopic (exact) mass is 366 g/mol. The van der Waals surface area contributed by atoms with Gasteiger partial charge in [0.1, 0.15) is 0 Å². The third kappa shape index (κ3) is 3.53. The molecule has 0 N–H and O–H groups in total. The van der Waals surface area contributed by atoms with Crippen LogP contribution in [0.4, 0.5) is 20.2 Å². The summed E-state index contributed by atoms with van der Waals surface area (Å²) in [5, 5.41) is 8.40. The molecular formula is C21H20F2N4. The number of benzene rings is 2. The Bertz CT molecular complexity index is 972. The maximum absolute atomic E-state index is 13.8. The van der Waals surface area contributed by atoms with Gasteiger partial charge in [-0.15, -0.1) is 0 Å². The van der Waals surface area contributed by atoms with Crippen LogP contribution < -0.4 is 4.90 Å². The number of aryl methyl sites for hydroxylation is 1. The smallest absolute Gasteiger partial charge is 0.160 e. The molecule has 0 aliphatic carbocycles. The van der Waals surface area contributed by atoms with Gasteiger partial charge in [-0.2, -0.15) is 10.2 Å². The minimum atomic E-state index is -0.835. The van der Waals surface area contributed by atoms with Crippen LogP contribution in [0.1, 0.15) is 11.3 Å². The van der Waals surface area contributed by atoms with Crippen molar-refractivity contribution in [3.05, 3.63) is 71.4 Å². The molecule has 27 heavy (non-hydrogen) atoms. The standard InChI is InChI=1S/C21H20F2N4/c1-14-3-7-20(25-24-14)15-4-8-21-16(11-15)13-26(2)9-10-27(21)17-5-6-18(22)19(23)12-17/h3-8,11-12H,9-10,13H2,1-2H3. The number of halogens is 2. The average Bonchev–Trinajstić information content (AvgIpc) is 2.82. The highest BCUT2D eigenvalue weighted by molar-refractivity contribution is 5.72. The second-order valence-electron chi connectivity index (χ2n) is 6.89. The van der Waals surface area contributed by atoms with E-state index in [4.69, 9.17) is 0 Å². The van der Waals surface area contributed by atoms with Crippen LogP contribution >= 0.6 is 0 Å². The van der Waals surface area contributed by atoms with Gasteiger partial charge in [-0.05, 0) is 55.9 Å². The highest BCUT2D eigenvalue weighted by Gasteiger charge is 2.21. The molecule has 6 heteroatoms. The van der Waals surface area contributed by atoms with E-state index in [1.54, 1.807) is 6.07 Å². The summed E-state index contributed by atoms with van der Waals surface area (Å²) >= 11 is 0. The van der Waals surface area contributed by atoms with Crippen molar-refractivity contribution in [1.82, 2.24) is 15.1 Å². The van der Waals surface area contributed by atoms with E-state index in [1.807, 2.05) is 36.1 Å². The minimum absolute atomic E-state index is 0.647. The van der Waals surface area contributed by atoms with Crippen LogP contribution in [0.5, 0.6) is 0 Å². The number of rotatable bonds is 2. The second-order valence-corrected chi connectivity index (χ2v) is 6.89. The van der Waals surface area contributed by atoms with E-state index in [0.717, 1.165) is 41.3 Å². The van der Waals surface area contributed by atoms with Gasteiger partial charge < -0.3 is 9.80 Å². The van der Waals surface area contributed by atoms with Crippen LogP contribution in [0.15, 0.2) is 48.5 Å². The molecule has 0 amide bonds. The summed E-state index contributed by atoms with van der Waals surface area (Å²) in [5.41, 5.74) is 5.43. The number of nitrogens with zero attached hydrogens (tertiary/aromatic N) is 4.